The predicted molar refractivity (Wildman–Crippen MR) is 73.2 cm³/mol. The summed E-state index contributed by atoms with van der Waals surface area (Å²) in [6.07, 6.45) is 0.407. The molecule has 0 unspecified atom stereocenters. The first kappa shape index (κ1) is 16.8. The van der Waals surface area contributed by atoms with E-state index < -0.39 is 11.7 Å². The fourth-order valence-electron chi connectivity index (χ4n) is 2.20. The van der Waals surface area contributed by atoms with Crippen LogP contribution in [0.5, 0.6) is 0 Å². The molecule has 1 saturated heterocycles. The molecule has 1 aliphatic rings. The quantitative estimate of drug-likeness (QED) is 0.797. The zero-order chi connectivity index (χ0) is 15.3. The molecule has 1 fully saturated rings. The van der Waals surface area contributed by atoms with Crippen LogP contribution in [-0.4, -0.2) is 54.0 Å². The number of esters is 1. The number of carbonyl (C=O) groups excluding carboxylic acids is 2. The van der Waals surface area contributed by atoms with E-state index in [1.807, 2.05) is 20.8 Å². The van der Waals surface area contributed by atoms with Gasteiger partial charge in [0.15, 0.2) is 0 Å². The molecule has 0 aromatic heterocycles. The third-order valence-corrected chi connectivity index (χ3v) is 3.29. The molecule has 1 aliphatic heterocycles. The van der Waals surface area contributed by atoms with E-state index in [0.29, 0.717) is 25.9 Å². The first-order chi connectivity index (χ1) is 9.23. The molecule has 0 radical (unpaired) electrons. The number of likely N-dealkylation sites (tertiary alicyclic amines) is 1. The van der Waals surface area contributed by atoms with Crippen LogP contribution in [0.3, 0.4) is 0 Å². The number of aliphatic hydroxyl groups excluding tert-OH is 1. The molecule has 0 aromatic rings. The van der Waals surface area contributed by atoms with Crippen molar-refractivity contribution in [2.45, 2.75) is 51.7 Å². The number of nitrogens with zero attached hydrogens (tertiary/aromatic N) is 1. The monoisotopic (exact) mass is 287 g/mol. The summed E-state index contributed by atoms with van der Waals surface area (Å²) < 4.78 is 9.91. The summed E-state index contributed by atoms with van der Waals surface area (Å²) in [5.74, 6) is -0.415. The number of rotatable bonds is 3. The second-order valence-corrected chi connectivity index (χ2v) is 6.16. The van der Waals surface area contributed by atoms with E-state index in [0.717, 1.165) is 0 Å². The molecule has 1 amide bonds. The number of methoxy groups -OCH3 is 1. The minimum Gasteiger partial charge on any atom is -0.469 e. The normalized spacial score (nSPS) is 23.4. The number of aliphatic hydroxyl groups is 1. The van der Waals surface area contributed by atoms with Gasteiger partial charge in [-0.3, -0.25) is 4.79 Å². The van der Waals surface area contributed by atoms with E-state index in [1.54, 1.807) is 4.90 Å². The van der Waals surface area contributed by atoms with Gasteiger partial charge >= 0.3 is 12.1 Å². The highest BCUT2D eigenvalue weighted by Gasteiger charge is 2.32. The highest BCUT2D eigenvalue weighted by atomic mass is 16.6. The molecule has 2 atom stereocenters. The number of carbonyl (C=O) groups is 2. The second-order valence-electron chi connectivity index (χ2n) is 6.16. The van der Waals surface area contributed by atoms with Crippen molar-refractivity contribution in [1.29, 1.82) is 0 Å². The lowest BCUT2D eigenvalue weighted by atomic mass is 9.91. The topological polar surface area (TPSA) is 76.1 Å². The van der Waals surface area contributed by atoms with Gasteiger partial charge in [-0.25, -0.2) is 4.79 Å². The summed E-state index contributed by atoms with van der Waals surface area (Å²) >= 11 is 0. The molecule has 0 bridgehead atoms. The van der Waals surface area contributed by atoms with Gasteiger partial charge in [0.2, 0.25) is 0 Å². The van der Waals surface area contributed by atoms with Crippen molar-refractivity contribution >= 4 is 12.1 Å². The molecule has 1 N–H and O–H groups in total. The Bertz CT molecular complexity index is 350. The van der Waals surface area contributed by atoms with E-state index in [9.17, 15) is 14.7 Å². The molecule has 0 aliphatic carbocycles. The highest BCUT2D eigenvalue weighted by Crippen LogP contribution is 2.23. The Morgan fingerprint density at radius 1 is 1.35 bits per heavy atom. The summed E-state index contributed by atoms with van der Waals surface area (Å²) in [6.45, 7) is 6.34. The summed E-state index contributed by atoms with van der Waals surface area (Å²) in [6, 6.07) is 0. The average Bonchev–Trinajstić information content (AvgIpc) is 2.35. The third-order valence-electron chi connectivity index (χ3n) is 3.29. The number of amides is 1. The smallest absolute Gasteiger partial charge is 0.410 e. The van der Waals surface area contributed by atoms with Gasteiger partial charge in [0.25, 0.3) is 0 Å². The number of hydrogen-bond acceptors (Lipinski definition) is 5. The fraction of sp³-hybridized carbons (Fsp3) is 0.857. The third kappa shape index (κ3) is 5.36. The van der Waals surface area contributed by atoms with E-state index in [1.165, 1.54) is 7.11 Å². The van der Waals surface area contributed by atoms with Crippen LogP contribution in [0.2, 0.25) is 0 Å². The Kier molecular flexibility index (Phi) is 5.80. The predicted octanol–water partition coefficient (Wildman–Crippen LogP) is 1.56. The van der Waals surface area contributed by atoms with Crippen LogP contribution < -0.4 is 0 Å². The first-order valence-corrected chi connectivity index (χ1v) is 6.95. The van der Waals surface area contributed by atoms with Gasteiger partial charge in [0, 0.05) is 25.4 Å². The van der Waals surface area contributed by atoms with E-state index in [4.69, 9.17) is 4.74 Å². The number of ether oxygens (including phenoxy) is 2. The molecule has 1 rings (SSSR count). The van der Waals surface area contributed by atoms with Crippen molar-refractivity contribution in [3.63, 3.8) is 0 Å². The maximum Gasteiger partial charge on any atom is 0.410 e. The molecule has 1 heterocycles. The number of piperidine rings is 1. The molecule has 6 heteroatoms. The van der Waals surface area contributed by atoms with Gasteiger partial charge in [-0.15, -0.1) is 0 Å². The molecular weight excluding hydrogens is 262 g/mol. The van der Waals surface area contributed by atoms with Crippen LogP contribution in [0.15, 0.2) is 0 Å². The lowest BCUT2D eigenvalue weighted by Gasteiger charge is -2.36. The van der Waals surface area contributed by atoms with Gasteiger partial charge in [-0.05, 0) is 33.6 Å². The SMILES string of the molecule is COC(=O)CC[C@H]1CN(C(=O)OC(C)(C)C)CC[C@H]1O. The van der Waals surface area contributed by atoms with E-state index in [2.05, 4.69) is 4.74 Å². The van der Waals surface area contributed by atoms with Gasteiger partial charge in [0.1, 0.15) is 5.60 Å². The standard InChI is InChI=1S/C14H25NO5/c1-14(2,3)20-13(18)15-8-7-11(16)10(9-15)5-6-12(17)19-4/h10-11,16H,5-9H2,1-4H3/t10-,11+/m0/s1. The van der Waals surface area contributed by atoms with E-state index in [-0.39, 0.29) is 24.4 Å². The van der Waals surface area contributed by atoms with Crippen molar-refractivity contribution in [2.24, 2.45) is 5.92 Å². The van der Waals surface area contributed by atoms with Gasteiger partial charge < -0.3 is 19.5 Å². The molecule has 116 valence electrons. The molecule has 20 heavy (non-hydrogen) atoms. The van der Waals surface area contributed by atoms with Gasteiger partial charge in [-0.2, -0.15) is 0 Å². The van der Waals surface area contributed by atoms with Crippen LogP contribution in [0.25, 0.3) is 0 Å². The fourth-order valence-corrected chi connectivity index (χ4v) is 2.20. The van der Waals surface area contributed by atoms with Crippen LogP contribution in [-0.2, 0) is 14.3 Å². The summed E-state index contributed by atoms with van der Waals surface area (Å²) in [5, 5.41) is 9.96. The van der Waals surface area contributed by atoms with Gasteiger partial charge in [-0.1, -0.05) is 0 Å². The Hall–Kier alpha value is -1.30. The summed E-state index contributed by atoms with van der Waals surface area (Å²) in [5.41, 5.74) is -0.533. The Morgan fingerprint density at radius 3 is 2.55 bits per heavy atom. The highest BCUT2D eigenvalue weighted by molar-refractivity contribution is 5.69. The summed E-state index contributed by atoms with van der Waals surface area (Å²) in [4.78, 5) is 24.7. The molecule has 6 nitrogen and oxygen atoms in total. The van der Waals surface area contributed by atoms with Crippen molar-refractivity contribution < 1.29 is 24.2 Å². The largest absolute Gasteiger partial charge is 0.469 e. The molecular formula is C14H25NO5. The Balaban J connectivity index is 2.52. The lowest BCUT2D eigenvalue weighted by Crippen LogP contribution is -2.47. The minimum absolute atomic E-state index is 0.115. The first-order valence-electron chi connectivity index (χ1n) is 6.95. The Labute approximate surface area is 120 Å². The Morgan fingerprint density at radius 2 is 2.00 bits per heavy atom. The van der Waals surface area contributed by atoms with Crippen LogP contribution in [0.1, 0.15) is 40.0 Å². The maximum absolute atomic E-state index is 12.0. The summed E-state index contributed by atoms with van der Waals surface area (Å²) in [7, 11) is 1.34. The molecule has 0 saturated carbocycles. The minimum atomic E-state index is -0.533. The second kappa shape index (κ2) is 6.92. The zero-order valence-electron chi connectivity index (χ0n) is 12.7. The van der Waals surface area contributed by atoms with Crippen molar-refractivity contribution in [1.82, 2.24) is 4.90 Å². The van der Waals surface area contributed by atoms with Crippen LogP contribution in [0.4, 0.5) is 4.79 Å². The van der Waals surface area contributed by atoms with Crippen LogP contribution in [0, 0.1) is 5.92 Å². The van der Waals surface area contributed by atoms with Crippen molar-refractivity contribution in [3.05, 3.63) is 0 Å². The zero-order valence-corrected chi connectivity index (χ0v) is 12.7. The average molecular weight is 287 g/mol. The van der Waals surface area contributed by atoms with Crippen molar-refractivity contribution in [2.75, 3.05) is 20.2 Å². The van der Waals surface area contributed by atoms with Crippen LogP contribution >= 0.6 is 0 Å². The maximum atomic E-state index is 12.0. The lowest BCUT2D eigenvalue weighted by molar-refractivity contribution is -0.141. The van der Waals surface area contributed by atoms with Crippen molar-refractivity contribution in [3.8, 4) is 0 Å². The van der Waals surface area contributed by atoms with Gasteiger partial charge in [0.05, 0.1) is 13.2 Å². The number of hydrogen-bond donors (Lipinski definition) is 1. The molecule has 0 spiro atoms. The molecule has 0 aromatic carbocycles. The van der Waals surface area contributed by atoms with E-state index >= 15 is 0 Å².